The fourth-order valence-electron chi connectivity index (χ4n) is 2.98. The first-order valence-electron chi connectivity index (χ1n) is 10.2. The number of nitrogens with zero attached hydrogens (tertiary/aromatic N) is 1. The summed E-state index contributed by atoms with van der Waals surface area (Å²) in [5.74, 6) is -0.970. The molecule has 1 aliphatic heterocycles. The van der Waals surface area contributed by atoms with E-state index in [4.69, 9.17) is 25.8 Å². The monoisotopic (exact) mass is 630 g/mol. The number of imide groups is 1. The Hall–Kier alpha value is -2.77. The van der Waals surface area contributed by atoms with Crippen molar-refractivity contribution in [1.29, 1.82) is 0 Å². The molecule has 0 saturated carbocycles. The largest absolute Gasteiger partial charge is 0.493 e. The molecule has 1 aliphatic rings. The van der Waals surface area contributed by atoms with E-state index in [2.05, 4.69) is 5.32 Å². The van der Waals surface area contributed by atoms with Gasteiger partial charge in [-0.25, -0.2) is 4.79 Å². The summed E-state index contributed by atoms with van der Waals surface area (Å²) in [6.45, 7) is 1.21. The Kier molecular flexibility index (Phi) is 9.40. The number of hydrogen-bond acceptors (Lipinski definition) is 8. The van der Waals surface area contributed by atoms with Gasteiger partial charge in [-0.15, -0.1) is 0 Å². The second-order valence-electron chi connectivity index (χ2n) is 6.92. The number of methoxy groups -OCH3 is 1. The zero-order valence-corrected chi connectivity index (χ0v) is 22.4. The number of carbonyl (C=O) groups excluding carboxylic acids is 4. The number of amides is 3. The first kappa shape index (κ1) is 26.8. The Morgan fingerprint density at radius 1 is 1.23 bits per heavy atom. The van der Waals surface area contributed by atoms with Crippen molar-refractivity contribution < 1.29 is 33.4 Å². The Labute approximate surface area is 224 Å². The Morgan fingerprint density at radius 2 is 1.97 bits per heavy atom. The van der Waals surface area contributed by atoms with E-state index in [1.54, 1.807) is 43.3 Å². The van der Waals surface area contributed by atoms with Crippen LogP contribution in [0.4, 0.5) is 10.5 Å². The minimum Gasteiger partial charge on any atom is -0.493 e. The molecule has 0 spiro atoms. The van der Waals surface area contributed by atoms with Crippen molar-refractivity contribution in [3.05, 3.63) is 55.5 Å². The normalized spacial score (nSPS) is 14.3. The summed E-state index contributed by atoms with van der Waals surface area (Å²) in [4.78, 5) is 50.2. The fraction of sp³-hybridized carbons (Fsp3) is 0.217. The fourth-order valence-corrected chi connectivity index (χ4v) is 4.78. The molecular formula is C23H20ClIN2O7S. The minimum atomic E-state index is -0.592. The summed E-state index contributed by atoms with van der Waals surface area (Å²) < 4.78 is 16.4. The summed E-state index contributed by atoms with van der Waals surface area (Å²) in [5.41, 5.74) is 0.953. The molecular weight excluding hydrogens is 611 g/mol. The highest BCUT2D eigenvalue weighted by Gasteiger charge is 2.36. The molecule has 0 atom stereocenters. The molecule has 9 nitrogen and oxygen atoms in total. The van der Waals surface area contributed by atoms with Gasteiger partial charge in [0.05, 0.1) is 32.9 Å². The average molecular weight is 631 g/mol. The molecule has 12 heteroatoms. The first-order valence-corrected chi connectivity index (χ1v) is 12.5. The van der Waals surface area contributed by atoms with E-state index in [1.165, 1.54) is 13.2 Å². The molecule has 1 fully saturated rings. The van der Waals surface area contributed by atoms with Crippen molar-refractivity contribution in [1.82, 2.24) is 4.90 Å². The third-order valence-electron chi connectivity index (χ3n) is 4.51. The van der Waals surface area contributed by atoms with Crippen molar-refractivity contribution in [3.8, 4) is 11.5 Å². The van der Waals surface area contributed by atoms with Gasteiger partial charge >= 0.3 is 5.97 Å². The number of thioether (sulfide) groups is 1. The molecule has 2 aromatic rings. The van der Waals surface area contributed by atoms with Gasteiger partial charge in [-0.3, -0.25) is 19.3 Å². The van der Waals surface area contributed by atoms with Gasteiger partial charge in [0.15, 0.2) is 18.1 Å². The maximum absolute atomic E-state index is 12.8. The molecule has 0 aromatic heterocycles. The van der Waals surface area contributed by atoms with Gasteiger partial charge in [-0.2, -0.15) is 0 Å². The quantitative estimate of drug-likeness (QED) is 0.244. The maximum atomic E-state index is 12.8. The topological polar surface area (TPSA) is 111 Å². The summed E-state index contributed by atoms with van der Waals surface area (Å²) in [6.07, 6.45) is 1.52. The molecule has 2 aromatic carbocycles. The molecule has 3 rings (SSSR count). The second kappa shape index (κ2) is 12.3. The predicted molar refractivity (Wildman–Crippen MR) is 141 cm³/mol. The minimum absolute atomic E-state index is 0.151. The van der Waals surface area contributed by atoms with Gasteiger partial charge < -0.3 is 19.5 Å². The Bertz CT molecular complexity index is 1200. The van der Waals surface area contributed by atoms with Crippen molar-refractivity contribution >= 4 is 80.7 Å². The number of ether oxygens (including phenoxy) is 3. The number of anilines is 1. The zero-order valence-electron chi connectivity index (χ0n) is 18.6. The lowest BCUT2D eigenvalue weighted by atomic mass is 10.2. The van der Waals surface area contributed by atoms with E-state index < -0.39 is 29.6 Å². The van der Waals surface area contributed by atoms with Gasteiger partial charge in [-0.1, -0.05) is 23.7 Å². The van der Waals surface area contributed by atoms with E-state index in [-0.39, 0.29) is 18.1 Å². The highest BCUT2D eigenvalue weighted by atomic mass is 127. The molecule has 3 amide bonds. The number of nitrogens with one attached hydrogen (secondary N) is 1. The Morgan fingerprint density at radius 3 is 2.66 bits per heavy atom. The van der Waals surface area contributed by atoms with Crippen LogP contribution in [0.25, 0.3) is 6.08 Å². The Balaban J connectivity index is 1.73. The number of halogens is 2. The number of carbonyl (C=O) groups is 4. The van der Waals surface area contributed by atoms with Gasteiger partial charge in [0, 0.05) is 0 Å². The van der Waals surface area contributed by atoms with Crippen LogP contribution >= 0.6 is 46.0 Å². The second-order valence-corrected chi connectivity index (χ2v) is 9.49. The number of benzene rings is 2. The van der Waals surface area contributed by atoms with Crippen LogP contribution in [0.3, 0.4) is 0 Å². The van der Waals surface area contributed by atoms with Crippen LogP contribution in [-0.4, -0.2) is 54.8 Å². The molecule has 1 N–H and O–H groups in total. The molecule has 35 heavy (non-hydrogen) atoms. The number of para-hydroxylation sites is 1. The van der Waals surface area contributed by atoms with E-state index in [1.807, 2.05) is 22.6 Å². The lowest BCUT2D eigenvalue weighted by Gasteiger charge is -2.14. The van der Waals surface area contributed by atoms with E-state index in [0.717, 1.165) is 16.7 Å². The number of hydrogen-bond donors (Lipinski definition) is 1. The van der Waals surface area contributed by atoms with Gasteiger partial charge in [0.25, 0.3) is 11.1 Å². The summed E-state index contributed by atoms with van der Waals surface area (Å²) in [5, 5.41) is 2.37. The van der Waals surface area contributed by atoms with Crippen molar-refractivity contribution in [2.24, 2.45) is 0 Å². The average Bonchev–Trinajstić information content (AvgIpc) is 3.07. The van der Waals surface area contributed by atoms with Crippen molar-refractivity contribution in [2.75, 3.05) is 32.2 Å². The molecule has 0 radical (unpaired) electrons. The van der Waals surface area contributed by atoms with Crippen LogP contribution in [0.2, 0.25) is 5.02 Å². The molecule has 0 aliphatic carbocycles. The number of esters is 1. The molecule has 184 valence electrons. The van der Waals surface area contributed by atoms with Gasteiger partial charge in [0.2, 0.25) is 5.91 Å². The van der Waals surface area contributed by atoms with Crippen molar-refractivity contribution in [3.63, 3.8) is 0 Å². The summed E-state index contributed by atoms with van der Waals surface area (Å²) >= 11 is 8.78. The van der Waals surface area contributed by atoms with Crippen LogP contribution in [0.5, 0.6) is 11.5 Å². The summed E-state index contributed by atoms with van der Waals surface area (Å²) in [6, 6.07) is 9.97. The maximum Gasteiger partial charge on any atom is 0.344 e. The zero-order chi connectivity index (χ0) is 25.5. The third kappa shape index (κ3) is 6.89. The summed E-state index contributed by atoms with van der Waals surface area (Å²) in [7, 11) is 1.44. The van der Waals surface area contributed by atoms with Crippen LogP contribution in [0, 0.1) is 3.57 Å². The molecule has 0 bridgehead atoms. The van der Waals surface area contributed by atoms with Crippen molar-refractivity contribution in [2.45, 2.75) is 6.92 Å². The molecule has 1 heterocycles. The lowest BCUT2D eigenvalue weighted by molar-refractivity contribution is -0.145. The molecule has 0 unspecified atom stereocenters. The number of rotatable bonds is 9. The molecule has 1 saturated heterocycles. The highest BCUT2D eigenvalue weighted by Crippen LogP contribution is 2.37. The van der Waals surface area contributed by atoms with E-state index in [9.17, 15) is 19.2 Å². The standard InChI is InChI=1S/C23H20ClIN2O7S/c1-3-33-20(29)12-34-21-15(25)8-13(9-17(21)32-2)10-18-22(30)27(23(31)35-18)11-19(28)26-16-7-5-4-6-14(16)24/h4-10H,3,11-12H2,1-2H3,(H,26,28)/b18-10+. The van der Waals surface area contributed by atoms with E-state index >= 15 is 0 Å². The van der Waals surface area contributed by atoms with E-state index in [0.29, 0.717) is 31.3 Å². The van der Waals surface area contributed by atoms with Crippen LogP contribution in [0.1, 0.15) is 12.5 Å². The third-order valence-corrected chi connectivity index (χ3v) is 6.55. The predicted octanol–water partition coefficient (Wildman–Crippen LogP) is 4.57. The first-order chi connectivity index (χ1) is 16.7. The van der Waals surface area contributed by atoms with Gasteiger partial charge in [-0.05, 0) is 77.2 Å². The van der Waals surface area contributed by atoms with Gasteiger partial charge in [0.1, 0.15) is 6.54 Å². The van der Waals surface area contributed by atoms with Crippen LogP contribution < -0.4 is 14.8 Å². The smallest absolute Gasteiger partial charge is 0.344 e. The van der Waals surface area contributed by atoms with Crippen LogP contribution in [-0.2, 0) is 19.1 Å². The highest BCUT2D eigenvalue weighted by molar-refractivity contribution is 14.1. The lowest BCUT2D eigenvalue weighted by Crippen LogP contribution is -2.36. The van der Waals surface area contributed by atoms with Crippen LogP contribution in [0.15, 0.2) is 41.3 Å². The SMILES string of the molecule is CCOC(=O)COc1c(I)cc(/C=C2/SC(=O)N(CC(=O)Nc3ccccc3Cl)C2=O)cc1OC.